The van der Waals surface area contributed by atoms with Gasteiger partial charge in [-0.1, -0.05) is 0 Å². The minimum atomic E-state index is -0.213. The van der Waals surface area contributed by atoms with E-state index in [1.165, 1.54) is 5.56 Å². The van der Waals surface area contributed by atoms with E-state index >= 15 is 0 Å². The highest BCUT2D eigenvalue weighted by molar-refractivity contribution is 5.90. The first-order valence-electron chi connectivity index (χ1n) is 8.73. The van der Waals surface area contributed by atoms with Crippen molar-refractivity contribution in [1.82, 2.24) is 14.8 Å². The number of amides is 2. The van der Waals surface area contributed by atoms with Crippen molar-refractivity contribution in [3.8, 4) is 0 Å². The molecule has 1 unspecified atom stereocenters. The fraction of sp³-hybridized carbons (Fsp3) is 0.611. The zero-order valence-electron chi connectivity index (χ0n) is 13.4. The standard InChI is InChI=1S/C18H23N3O2/c22-17(14-4-5-14)21-10-2-1-3-16(21)18(23)20-11-15(12-20)13-6-8-19-9-7-13/h6-9,14-16H,1-5,10-12H2. The summed E-state index contributed by atoms with van der Waals surface area (Å²) in [5.41, 5.74) is 1.25. The van der Waals surface area contributed by atoms with Crippen LogP contribution in [-0.2, 0) is 9.59 Å². The van der Waals surface area contributed by atoms with Crippen molar-refractivity contribution in [2.24, 2.45) is 5.92 Å². The number of pyridine rings is 1. The van der Waals surface area contributed by atoms with Crippen molar-refractivity contribution < 1.29 is 9.59 Å². The Morgan fingerprint density at radius 2 is 1.74 bits per heavy atom. The third kappa shape index (κ3) is 2.84. The summed E-state index contributed by atoms with van der Waals surface area (Å²) >= 11 is 0. The van der Waals surface area contributed by atoms with Gasteiger partial charge in [-0.25, -0.2) is 0 Å². The molecule has 2 aliphatic heterocycles. The lowest BCUT2D eigenvalue weighted by molar-refractivity contribution is -0.151. The molecule has 1 saturated carbocycles. The zero-order valence-corrected chi connectivity index (χ0v) is 13.4. The molecule has 2 amide bonds. The van der Waals surface area contributed by atoms with E-state index in [0.717, 1.165) is 51.7 Å². The van der Waals surface area contributed by atoms with Gasteiger partial charge in [-0.2, -0.15) is 0 Å². The first-order chi connectivity index (χ1) is 11.2. The van der Waals surface area contributed by atoms with Crippen LogP contribution < -0.4 is 0 Å². The Hall–Kier alpha value is -1.91. The second kappa shape index (κ2) is 5.95. The number of nitrogens with zero attached hydrogens (tertiary/aromatic N) is 3. The Morgan fingerprint density at radius 3 is 2.43 bits per heavy atom. The molecule has 5 heteroatoms. The van der Waals surface area contributed by atoms with Gasteiger partial charge in [0.2, 0.25) is 11.8 Å². The minimum Gasteiger partial charge on any atom is -0.340 e. The van der Waals surface area contributed by atoms with E-state index in [-0.39, 0.29) is 23.8 Å². The second-order valence-corrected chi connectivity index (χ2v) is 7.04. The Bertz CT molecular complexity index is 594. The number of piperidine rings is 1. The predicted molar refractivity (Wildman–Crippen MR) is 85.6 cm³/mol. The highest BCUT2D eigenvalue weighted by Gasteiger charge is 2.43. The fourth-order valence-electron chi connectivity index (χ4n) is 3.73. The van der Waals surface area contributed by atoms with E-state index in [9.17, 15) is 9.59 Å². The van der Waals surface area contributed by atoms with Crippen LogP contribution in [0, 0.1) is 5.92 Å². The van der Waals surface area contributed by atoms with E-state index < -0.39 is 0 Å². The lowest BCUT2D eigenvalue weighted by Gasteiger charge is -2.44. The number of carbonyl (C=O) groups is 2. The van der Waals surface area contributed by atoms with Gasteiger partial charge in [-0.05, 0) is 49.8 Å². The Kier molecular flexibility index (Phi) is 3.79. The van der Waals surface area contributed by atoms with Crippen molar-refractivity contribution in [1.29, 1.82) is 0 Å². The van der Waals surface area contributed by atoms with Crippen LogP contribution in [0.3, 0.4) is 0 Å². The number of hydrogen-bond acceptors (Lipinski definition) is 3. The number of hydrogen-bond donors (Lipinski definition) is 0. The molecule has 23 heavy (non-hydrogen) atoms. The zero-order chi connectivity index (χ0) is 15.8. The molecule has 5 nitrogen and oxygen atoms in total. The van der Waals surface area contributed by atoms with Crippen LogP contribution in [0.15, 0.2) is 24.5 Å². The van der Waals surface area contributed by atoms with E-state index in [2.05, 4.69) is 4.98 Å². The lowest BCUT2D eigenvalue weighted by Crippen LogP contribution is -2.58. The van der Waals surface area contributed by atoms with Crippen molar-refractivity contribution in [2.75, 3.05) is 19.6 Å². The summed E-state index contributed by atoms with van der Waals surface area (Å²) in [6.45, 7) is 2.29. The average molecular weight is 313 g/mol. The van der Waals surface area contributed by atoms with Crippen LogP contribution in [0.1, 0.15) is 43.6 Å². The van der Waals surface area contributed by atoms with Gasteiger partial charge < -0.3 is 9.80 Å². The fourth-order valence-corrected chi connectivity index (χ4v) is 3.73. The monoisotopic (exact) mass is 313 g/mol. The number of likely N-dealkylation sites (tertiary alicyclic amines) is 2. The average Bonchev–Trinajstić information content (AvgIpc) is 3.38. The van der Waals surface area contributed by atoms with Gasteiger partial charge in [-0.3, -0.25) is 14.6 Å². The smallest absolute Gasteiger partial charge is 0.245 e. The molecule has 0 N–H and O–H groups in total. The summed E-state index contributed by atoms with van der Waals surface area (Å²) in [6.07, 6.45) is 8.52. The largest absolute Gasteiger partial charge is 0.340 e. The molecular formula is C18H23N3O2. The summed E-state index contributed by atoms with van der Waals surface area (Å²) in [4.78, 5) is 33.1. The second-order valence-electron chi connectivity index (χ2n) is 7.04. The summed E-state index contributed by atoms with van der Waals surface area (Å²) in [5, 5.41) is 0. The first kappa shape index (κ1) is 14.7. The number of aromatic nitrogens is 1. The van der Waals surface area contributed by atoms with Gasteiger partial charge in [0.1, 0.15) is 6.04 Å². The van der Waals surface area contributed by atoms with E-state index in [1.54, 1.807) is 12.4 Å². The molecule has 1 atom stereocenters. The molecule has 0 aromatic carbocycles. The highest BCUT2D eigenvalue weighted by atomic mass is 16.2. The van der Waals surface area contributed by atoms with Crippen LogP contribution in [0.2, 0.25) is 0 Å². The third-order valence-electron chi connectivity index (χ3n) is 5.37. The highest BCUT2D eigenvalue weighted by Crippen LogP contribution is 2.35. The Morgan fingerprint density at radius 1 is 1.00 bits per heavy atom. The summed E-state index contributed by atoms with van der Waals surface area (Å²) < 4.78 is 0. The molecule has 3 aliphatic rings. The Labute approximate surface area is 136 Å². The van der Waals surface area contributed by atoms with Crippen LogP contribution in [0.5, 0.6) is 0 Å². The summed E-state index contributed by atoms with van der Waals surface area (Å²) in [6, 6.07) is 3.83. The van der Waals surface area contributed by atoms with Crippen LogP contribution in [0.4, 0.5) is 0 Å². The molecule has 122 valence electrons. The molecule has 3 heterocycles. The summed E-state index contributed by atoms with van der Waals surface area (Å²) in [5.74, 6) is 0.987. The van der Waals surface area contributed by atoms with Crippen molar-refractivity contribution in [2.45, 2.75) is 44.1 Å². The van der Waals surface area contributed by atoms with Crippen LogP contribution in [-0.4, -0.2) is 52.3 Å². The SMILES string of the molecule is O=C(C1CCCCN1C(=O)C1CC1)N1CC(c2ccncc2)C1. The molecule has 0 radical (unpaired) electrons. The van der Waals surface area contributed by atoms with Gasteiger partial charge in [0.25, 0.3) is 0 Å². The quantitative estimate of drug-likeness (QED) is 0.855. The molecule has 4 rings (SSSR count). The van der Waals surface area contributed by atoms with Gasteiger partial charge in [0, 0.05) is 43.9 Å². The van der Waals surface area contributed by atoms with E-state index in [1.807, 2.05) is 21.9 Å². The van der Waals surface area contributed by atoms with Crippen molar-refractivity contribution in [3.05, 3.63) is 30.1 Å². The molecule has 2 saturated heterocycles. The molecular weight excluding hydrogens is 290 g/mol. The first-order valence-corrected chi connectivity index (χ1v) is 8.73. The Balaban J connectivity index is 1.39. The maximum atomic E-state index is 12.8. The normalized spacial score (nSPS) is 25.1. The molecule has 1 aromatic heterocycles. The molecule has 1 aromatic rings. The van der Waals surface area contributed by atoms with Crippen LogP contribution in [0.25, 0.3) is 0 Å². The van der Waals surface area contributed by atoms with Gasteiger partial charge in [0.15, 0.2) is 0 Å². The van der Waals surface area contributed by atoms with Crippen molar-refractivity contribution in [3.63, 3.8) is 0 Å². The minimum absolute atomic E-state index is 0.156. The van der Waals surface area contributed by atoms with Crippen molar-refractivity contribution >= 4 is 11.8 Å². The number of rotatable bonds is 3. The molecule has 0 spiro atoms. The number of carbonyl (C=O) groups excluding carboxylic acids is 2. The van der Waals surface area contributed by atoms with Gasteiger partial charge >= 0.3 is 0 Å². The van der Waals surface area contributed by atoms with E-state index in [0.29, 0.717) is 5.92 Å². The molecule has 0 bridgehead atoms. The topological polar surface area (TPSA) is 53.5 Å². The molecule has 1 aliphatic carbocycles. The van der Waals surface area contributed by atoms with Gasteiger partial charge in [0.05, 0.1) is 0 Å². The van der Waals surface area contributed by atoms with E-state index in [4.69, 9.17) is 0 Å². The van der Waals surface area contributed by atoms with Gasteiger partial charge in [-0.15, -0.1) is 0 Å². The predicted octanol–water partition coefficient (Wildman–Crippen LogP) is 1.80. The summed E-state index contributed by atoms with van der Waals surface area (Å²) in [7, 11) is 0. The maximum absolute atomic E-state index is 12.8. The maximum Gasteiger partial charge on any atom is 0.245 e. The lowest BCUT2D eigenvalue weighted by atomic mass is 9.90. The molecule has 3 fully saturated rings. The van der Waals surface area contributed by atoms with Crippen LogP contribution >= 0.6 is 0 Å². The third-order valence-corrected chi connectivity index (χ3v) is 5.37.